The molecule has 11 heavy (non-hydrogen) atoms. The van der Waals surface area contributed by atoms with Crippen molar-refractivity contribution >= 4 is 11.6 Å². The average Bonchev–Trinajstić information content (AvgIpc) is 1.87. The van der Waals surface area contributed by atoms with Gasteiger partial charge in [0.2, 0.25) is 0 Å². The summed E-state index contributed by atoms with van der Waals surface area (Å²) in [5, 5.41) is 0. The summed E-state index contributed by atoms with van der Waals surface area (Å²) in [6.45, 7) is 5.35. The lowest BCUT2D eigenvalue weighted by atomic mass is 10.1. The van der Waals surface area contributed by atoms with Crippen LogP contribution in [0.2, 0.25) is 0 Å². The molecule has 0 aromatic heterocycles. The number of ketones is 2. The highest BCUT2D eigenvalue weighted by Crippen LogP contribution is 1.97. The van der Waals surface area contributed by atoms with E-state index in [1.54, 1.807) is 0 Å². The van der Waals surface area contributed by atoms with Crippen LogP contribution in [0.1, 0.15) is 32.6 Å². The van der Waals surface area contributed by atoms with E-state index in [4.69, 9.17) is 0 Å². The zero-order valence-electron chi connectivity index (χ0n) is 6.93. The Bertz CT molecular complexity index is 159. The lowest BCUT2D eigenvalue weighted by Gasteiger charge is -1.94. The van der Waals surface area contributed by atoms with Crippen molar-refractivity contribution in [3.8, 4) is 0 Å². The van der Waals surface area contributed by atoms with Crippen molar-refractivity contribution in [1.29, 1.82) is 0 Å². The number of carbonyl (C=O) groups is 2. The normalized spacial score (nSPS) is 9.18. The van der Waals surface area contributed by atoms with E-state index in [-0.39, 0.29) is 18.0 Å². The van der Waals surface area contributed by atoms with Gasteiger partial charge in [0, 0.05) is 12.8 Å². The average molecular weight is 154 g/mol. The van der Waals surface area contributed by atoms with E-state index in [2.05, 4.69) is 6.58 Å². The van der Waals surface area contributed by atoms with Gasteiger partial charge in [0.25, 0.3) is 0 Å². The Hall–Kier alpha value is -0.920. The molecule has 0 atom stereocenters. The lowest BCUT2D eigenvalue weighted by molar-refractivity contribution is -0.126. The first kappa shape index (κ1) is 10.1. The maximum atomic E-state index is 10.9. The molecule has 0 fully saturated rings. The van der Waals surface area contributed by atoms with Crippen molar-refractivity contribution in [2.24, 2.45) is 0 Å². The van der Waals surface area contributed by atoms with Gasteiger partial charge in [-0.2, -0.15) is 0 Å². The fourth-order valence-corrected chi connectivity index (χ4v) is 0.820. The van der Waals surface area contributed by atoms with E-state index in [0.717, 1.165) is 6.42 Å². The summed E-state index contributed by atoms with van der Waals surface area (Å²) in [4.78, 5) is 21.7. The van der Waals surface area contributed by atoms with E-state index >= 15 is 0 Å². The molecule has 0 heterocycles. The summed E-state index contributed by atoms with van der Waals surface area (Å²) in [7, 11) is 0. The van der Waals surface area contributed by atoms with Crippen molar-refractivity contribution in [1.82, 2.24) is 0 Å². The maximum Gasteiger partial charge on any atom is 0.143 e. The minimum Gasteiger partial charge on any atom is -0.299 e. The summed E-state index contributed by atoms with van der Waals surface area (Å²) in [5.74, 6) is 0.0119. The molecule has 2 nitrogen and oxygen atoms in total. The minimum absolute atomic E-state index is 0.0292. The number of Topliss-reactive ketones (excluding diaryl/α,β-unsaturated/α-hetero) is 2. The molecule has 62 valence electrons. The van der Waals surface area contributed by atoms with Crippen LogP contribution in [0.5, 0.6) is 0 Å². The van der Waals surface area contributed by atoms with Gasteiger partial charge in [-0.15, -0.1) is 6.58 Å². The Morgan fingerprint density at radius 3 is 2.45 bits per heavy atom. The van der Waals surface area contributed by atoms with Gasteiger partial charge in [-0.1, -0.05) is 13.0 Å². The Morgan fingerprint density at radius 2 is 2.00 bits per heavy atom. The number of carbonyl (C=O) groups excluding carboxylic acids is 2. The van der Waals surface area contributed by atoms with Gasteiger partial charge in [-0.3, -0.25) is 9.59 Å². The summed E-state index contributed by atoms with van der Waals surface area (Å²) >= 11 is 0. The molecule has 0 radical (unpaired) electrons. The molecule has 0 unspecified atom stereocenters. The highest BCUT2D eigenvalue weighted by Gasteiger charge is 2.05. The van der Waals surface area contributed by atoms with Crippen molar-refractivity contribution < 1.29 is 9.59 Å². The largest absolute Gasteiger partial charge is 0.299 e. The second kappa shape index (κ2) is 5.83. The predicted molar refractivity (Wildman–Crippen MR) is 44.4 cm³/mol. The van der Waals surface area contributed by atoms with Crippen LogP contribution in [0.3, 0.4) is 0 Å². The molecule has 0 amide bonds. The number of hydrogen-bond donors (Lipinski definition) is 0. The number of allylic oxidation sites excluding steroid dienone is 1. The number of rotatable bonds is 6. The molecule has 0 spiro atoms. The molecular weight excluding hydrogens is 140 g/mol. The highest BCUT2D eigenvalue weighted by atomic mass is 16.1. The molecule has 0 aromatic carbocycles. The standard InChI is InChI=1S/C9H14O2/c1-3-5-8(10)7-9(11)6-4-2/h3H,1,4-7H2,2H3. The van der Waals surface area contributed by atoms with E-state index in [1.807, 2.05) is 6.92 Å². The molecule has 0 saturated heterocycles. The molecule has 0 N–H and O–H groups in total. The quantitative estimate of drug-likeness (QED) is 0.432. The lowest BCUT2D eigenvalue weighted by Crippen LogP contribution is -2.05. The van der Waals surface area contributed by atoms with E-state index in [9.17, 15) is 9.59 Å². The first-order chi connectivity index (χ1) is 5.20. The monoisotopic (exact) mass is 154 g/mol. The van der Waals surface area contributed by atoms with Crippen LogP contribution in [0, 0.1) is 0 Å². The van der Waals surface area contributed by atoms with E-state index in [0.29, 0.717) is 12.8 Å². The van der Waals surface area contributed by atoms with Crippen molar-refractivity contribution in [2.75, 3.05) is 0 Å². The predicted octanol–water partition coefficient (Wildman–Crippen LogP) is 1.89. The summed E-state index contributed by atoms with van der Waals surface area (Å²) in [6, 6.07) is 0. The fraction of sp³-hybridized carbons (Fsp3) is 0.556. The molecule has 0 aliphatic heterocycles. The number of hydrogen-bond acceptors (Lipinski definition) is 2. The van der Waals surface area contributed by atoms with Crippen LogP contribution < -0.4 is 0 Å². The summed E-state index contributed by atoms with van der Waals surface area (Å²) in [6.07, 6.45) is 3.26. The van der Waals surface area contributed by atoms with Crippen LogP contribution in [-0.2, 0) is 9.59 Å². The van der Waals surface area contributed by atoms with Crippen LogP contribution >= 0.6 is 0 Å². The summed E-state index contributed by atoms with van der Waals surface area (Å²) < 4.78 is 0. The van der Waals surface area contributed by atoms with E-state index in [1.165, 1.54) is 6.08 Å². The van der Waals surface area contributed by atoms with Crippen LogP contribution in [0.15, 0.2) is 12.7 Å². The maximum absolute atomic E-state index is 10.9. The fourth-order valence-electron chi connectivity index (χ4n) is 0.820. The Kier molecular flexibility index (Phi) is 5.35. The second-order valence-corrected chi connectivity index (χ2v) is 2.50. The third-order valence-electron chi connectivity index (χ3n) is 1.30. The zero-order chi connectivity index (χ0) is 8.69. The molecule has 2 heteroatoms. The van der Waals surface area contributed by atoms with Gasteiger partial charge in [0.15, 0.2) is 0 Å². The van der Waals surface area contributed by atoms with Gasteiger partial charge >= 0.3 is 0 Å². The van der Waals surface area contributed by atoms with Gasteiger partial charge in [0.1, 0.15) is 11.6 Å². The molecule has 0 saturated carbocycles. The second-order valence-electron chi connectivity index (χ2n) is 2.50. The Balaban J connectivity index is 3.57. The minimum atomic E-state index is -0.0292. The van der Waals surface area contributed by atoms with Crippen molar-refractivity contribution in [3.05, 3.63) is 12.7 Å². The molecule has 0 aromatic rings. The molecule has 0 bridgehead atoms. The van der Waals surface area contributed by atoms with Crippen LogP contribution in [0.25, 0.3) is 0 Å². The first-order valence-electron chi connectivity index (χ1n) is 3.85. The summed E-state index contributed by atoms with van der Waals surface area (Å²) in [5.41, 5.74) is 0. The molecular formula is C9H14O2. The van der Waals surface area contributed by atoms with Crippen molar-refractivity contribution in [2.45, 2.75) is 32.6 Å². The van der Waals surface area contributed by atoms with Crippen molar-refractivity contribution in [3.63, 3.8) is 0 Å². The molecule has 0 aliphatic carbocycles. The Morgan fingerprint density at radius 1 is 1.36 bits per heavy atom. The van der Waals surface area contributed by atoms with Crippen LogP contribution in [-0.4, -0.2) is 11.6 Å². The third-order valence-corrected chi connectivity index (χ3v) is 1.30. The smallest absolute Gasteiger partial charge is 0.143 e. The van der Waals surface area contributed by atoms with Crippen LogP contribution in [0.4, 0.5) is 0 Å². The van der Waals surface area contributed by atoms with Gasteiger partial charge in [0.05, 0.1) is 6.42 Å². The zero-order valence-corrected chi connectivity index (χ0v) is 6.93. The molecule has 0 aliphatic rings. The van der Waals surface area contributed by atoms with Gasteiger partial charge in [-0.25, -0.2) is 0 Å². The molecule has 0 rings (SSSR count). The van der Waals surface area contributed by atoms with Gasteiger partial charge < -0.3 is 0 Å². The topological polar surface area (TPSA) is 34.1 Å². The van der Waals surface area contributed by atoms with E-state index < -0.39 is 0 Å². The van der Waals surface area contributed by atoms with Gasteiger partial charge in [-0.05, 0) is 6.42 Å². The SMILES string of the molecule is C=CCC(=O)CC(=O)CCC. The Labute approximate surface area is 67.3 Å². The highest BCUT2D eigenvalue weighted by molar-refractivity contribution is 5.99. The first-order valence-corrected chi connectivity index (χ1v) is 3.85. The third kappa shape index (κ3) is 5.52.